The van der Waals surface area contributed by atoms with Crippen molar-refractivity contribution in [3.63, 3.8) is 0 Å². The topological polar surface area (TPSA) is 56.7 Å². The molecule has 2 N–H and O–H groups in total. The summed E-state index contributed by atoms with van der Waals surface area (Å²) in [6.45, 7) is 7.65. The Hall–Kier alpha value is -1.06. The average molecular weight is 288 g/mol. The Bertz CT molecular complexity index is 516. The number of anilines is 1. The summed E-state index contributed by atoms with van der Waals surface area (Å²) in [6, 6.07) is 0. The first-order valence-corrected chi connectivity index (χ1v) is 8.54. The van der Waals surface area contributed by atoms with E-state index in [1.807, 2.05) is 0 Å². The fourth-order valence-corrected chi connectivity index (χ4v) is 6.01. The average Bonchev–Trinajstić information content (AvgIpc) is 2.67. The maximum absolute atomic E-state index is 6.10. The van der Waals surface area contributed by atoms with Crippen molar-refractivity contribution < 1.29 is 0 Å². The van der Waals surface area contributed by atoms with E-state index in [2.05, 4.69) is 35.8 Å². The third kappa shape index (κ3) is 2.18. The second kappa shape index (κ2) is 4.23. The maximum atomic E-state index is 6.10. The molecule has 1 aromatic rings. The molecule has 1 heterocycles. The molecule has 4 heteroatoms. The molecule has 5 rings (SSSR count). The van der Waals surface area contributed by atoms with Crippen LogP contribution in [0, 0.1) is 23.2 Å². The van der Waals surface area contributed by atoms with Crippen LogP contribution in [0.4, 0.5) is 5.82 Å². The van der Waals surface area contributed by atoms with Crippen molar-refractivity contribution in [1.82, 2.24) is 15.0 Å². The van der Waals surface area contributed by atoms with Crippen LogP contribution in [0.25, 0.3) is 0 Å². The van der Waals surface area contributed by atoms with Crippen molar-refractivity contribution in [3.05, 3.63) is 5.69 Å². The normalized spacial score (nSPS) is 38.1. The largest absolute Gasteiger partial charge is 0.381 e. The standard InChI is InChI=1S/C17H28N4/c1-16(2,3)14-15(18)19-20-21(14)10-17-7-11-4-12(8-17)6-13(5-11)9-17/h11-13H,4-10,18H2,1-3H3. The molecule has 4 saturated carbocycles. The zero-order valence-electron chi connectivity index (χ0n) is 13.6. The van der Waals surface area contributed by atoms with Gasteiger partial charge in [-0.25, -0.2) is 4.68 Å². The first-order valence-electron chi connectivity index (χ1n) is 8.54. The zero-order chi connectivity index (χ0) is 14.8. The van der Waals surface area contributed by atoms with Gasteiger partial charge in [0.2, 0.25) is 0 Å². The molecule has 0 saturated heterocycles. The lowest BCUT2D eigenvalue weighted by atomic mass is 9.49. The van der Waals surface area contributed by atoms with Gasteiger partial charge in [-0.2, -0.15) is 0 Å². The Labute approximate surface area is 127 Å². The molecule has 0 unspecified atom stereocenters. The van der Waals surface area contributed by atoms with E-state index in [0.717, 1.165) is 30.0 Å². The number of nitrogens with two attached hydrogens (primary N) is 1. The van der Waals surface area contributed by atoms with Crippen molar-refractivity contribution >= 4 is 5.82 Å². The van der Waals surface area contributed by atoms with Gasteiger partial charge in [-0.15, -0.1) is 5.10 Å². The van der Waals surface area contributed by atoms with E-state index in [-0.39, 0.29) is 5.41 Å². The third-order valence-corrected chi connectivity index (χ3v) is 6.12. The van der Waals surface area contributed by atoms with Crippen LogP contribution in [0.15, 0.2) is 0 Å². The van der Waals surface area contributed by atoms with Crippen LogP contribution in [0.5, 0.6) is 0 Å². The molecule has 0 atom stereocenters. The molecule has 116 valence electrons. The number of rotatable bonds is 2. The summed E-state index contributed by atoms with van der Waals surface area (Å²) >= 11 is 0. The minimum Gasteiger partial charge on any atom is -0.381 e. The van der Waals surface area contributed by atoms with Crippen molar-refractivity contribution in [2.75, 3.05) is 5.73 Å². The first-order chi connectivity index (χ1) is 9.85. The van der Waals surface area contributed by atoms with Crippen LogP contribution in [0.1, 0.15) is 65.0 Å². The molecule has 0 aliphatic heterocycles. The Morgan fingerprint density at radius 1 is 1.10 bits per heavy atom. The van der Waals surface area contributed by atoms with Gasteiger partial charge in [0.05, 0.1) is 5.69 Å². The van der Waals surface area contributed by atoms with Gasteiger partial charge in [-0.1, -0.05) is 26.0 Å². The number of nitrogen functional groups attached to an aromatic ring is 1. The maximum Gasteiger partial charge on any atom is 0.169 e. The first kappa shape index (κ1) is 13.6. The summed E-state index contributed by atoms with van der Waals surface area (Å²) in [6.07, 6.45) is 8.69. The zero-order valence-corrected chi connectivity index (χ0v) is 13.6. The van der Waals surface area contributed by atoms with Crippen molar-refractivity contribution in [2.24, 2.45) is 23.2 Å². The van der Waals surface area contributed by atoms with E-state index in [9.17, 15) is 0 Å². The van der Waals surface area contributed by atoms with E-state index in [1.165, 1.54) is 38.5 Å². The summed E-state index contributed by atoms with van der Waals surface area (Å²) in [7, 11) is 0. The lowest BCUT2D eigenvalue weighted by Gasteiger charge is -2.56. The Balaban J connectivity index is 1.65. The van der Waals surface area contributed by atoms with E-state index < -0.39 is 0 Å². The van der Waals surface area contributed by atoms with Crippen LogP contribution in [0.3, 0.4) is 0 Å². The summed E-state index contributed by atoms with van der Waals surface area (Å²) in [5, 5.41) is 8.57. The lowest BCUT2D eigenvalue weighted by Crippen LogP contribution is -2.48. The molecule has 4 aliphatic rings. The minimum atomic E-state index is 0.00980. The predicted molar refractivity (Wildman–Crippen MR) is 83.7 cm³/mol. The van der Waals surface area contributed by atoms with E-state index in [1.54, 1.807) is 0 Å². The monoisotopic (exact) mass is 288 g/mol. The summed E-state index contributed by atoms with van der Waals surface area (Å²) < 4.78 is 2.14. The number of aromatic nitrogens is 3. The molecule has 4 bridgehead atoms. The number of nitrogens with zero attached hydrogens (tertiary/aromatic N) is 3. The summed E-state index contributed by atoms with van der Waals surface area (Å²) in [4.78, 5) is 0. The highest BCUT2D eigenvalue weighted by Gasteiger charge is 2.51. The summed E-state index contributed by atoms with van der Waals surface area (Å²) in [5.74, 6) is 3.56. The van der Waals surface area contributed by atoms with Crippen LogP contribution in [0.2, 0.25) is 0 Å². The molecule has 1 aromatic heterocycles. The lowest BCUT2D eigenvalue weighted by molar-refractivity contribution is -0.0643. The Kier molecular flexibility index (Phi) is 2.74. The van der Waals surface area contributed by atoms with E-state index in [4.69, 9.17) is 5.73 Å². The Morgan fingerprint density at radius 3 is 2.10 bits per heavy atom. The van der Waals surface area contributed by atoms with Crippen molar-refractivity contribution in [3.8, 4) is 0 Å². The van der Waals surface area contributed by atoms with Crippen molar-refractivity contribution in [2.45, 2.75) is 71.3 Å². The highest BCUT2D eigenvalue weighted by atomic mass is 15.4. The smallest absolute Gasteiger partial charge is 0.169 e. The molecule has 4 aliphatic carbocycles. The highest BCUT2D eigenvalue weighted by molar-refractivity contribution is 5.38. The van der Waals surface area contributed by atoms with Crippen LogP contribution >= 0.6 is 0 Å². The SMILES string of the molecule is CC(C)(C)c1c(N)nnn1CC12CC3CC(CC(C3)C1)C2. The third-order valence-electron chi connectivity index (χ3n) is 6.12. The van der Waals surface area contributed by atoms with Gasteiger partial charge < -0.3 is 5.73 Å². The molecule has 0 radical (unpaired) electrons. The highest BCUT2D eigenvalue weighted by Crippen LogP contribution is 2.60. The molecule has 0 aromatic carbocycles. The molecule has 4 nitrogen and oxygen atoms in total. The van der Waals surface area contributed by atoms with Gasteiger partial charge in [0.15, 0.2) is 5.82 Å². The van der Waals surface area contributed by atoms with Gasteiger partial charge in [-0.3, -0.25) is 0 Å². The quantitative estimate of drug-likeness (QED) is 0.907. The van der Waals surface area contributed by atoms with Gasteiger partial charge in [0.25, 0.3) is 0 Å². The van der Waals surface area contributed by atoms with Crippen LogP contribution in [-0.4, -0.2) is 15.0 Å². The van der Waals surface area contributed by atoms with Gasteiger partial charge in [0, 0.05) is 12.0 Å². The second-order valence-electron chi connectivity index (χ2n) is 9.15. The molecule has 21 heavy (non-hydrogen) atoms. The fraction of sp³-hybridized carbons (Fsp3) is 0.882. The molecular weight excluding hydrogens is 260 g/mol. The minimum absolute atomic E-state index is 0.00980. The number of hydrogen-bond donors (Lipinski definition) is 1. The van der Waals surface area contributed by atoms with E-state index >= 15 is 0 Å². The fourth-order valence-electron chi connectivity index (χ4n) is 6.01. The number of hydrogen-bond acceptors (Lipinski definition) is 3. The van der Waals surface area contributed by atoms with Crippen molar-refractivity contribution in [1.29, 1.82) is 0 Å². The van der Waals surface area contributed by atoms with Gasteiger partial charge >= 0.3 is 0 Å². The summed E-state index contributed by atoms with van der Waals surface area (Å²) in [5.41, 5.74) is 7.71. The van der Waals surface area contributed by atoms with Gasteiger partial charge in [0.1, 0.15) is 0 Å². The van der Waals surface area contributed by atoms with Crippen LogP contribution in [-0.2, 0) is 12.0 Å². The molecule has 0 amide bonds. The molecule has 0 spiro atoms. The van der Waals surface area contributed by atoms with E-state index in [0.29, 0.717) is 11.2 Å². The molecular formula is C17H28N4. The second-order valence-corrected chi connectivity index (χ2v) is 9.15. The van der Waals surface area contributed by atoms with Gasteiger partial charge in [-0.05, 0) is 61.7 Å². The predicted octanol–water partition coefficient (Wildman–Crippen LogP) is 3.37. The van der Waals surface area contributed by atoms with Crippen LogP contribution < -0.4 is 5.73 Å². The molecule has 4 fully saturated rings. The Morgan fingerprint density at radius 2 is 1.62 bits per heavy atom.